The van der Waals surface area contributed by atoms with E-state index in [2.05, 4.69) is 34.7 Å². The summed E-state index contributed by atoms with van der Waals surface area (Å²) in [6.07, 6.45) is 6.31. The lowest BCUT2D eigenvalue weighted by molar-refractivity contribution is -0.127. The maximum absolute atomic E-state index is 12.9. The first kappa shape index (κ1) is 19.4. The van der Waals surface area contributed by atoms with Gasteiger partial charge in [0.25, 0.3) is 5.91 Å². The highest BCUT2D eigenvalue weighted by Gasteiger charge is 2.32. The topological polar surface area (TPSA) is 64.4 Å². The molecule has 2 amide bonds. The van der Waals surface area contributed by atoms with E-state index in [0.29, 0.717) is 18.5 Å². The van der Waals surface area contributed by atoms with E-state index in [0.717, 1.165) is 36.3 Å². The number of imide groups is 1. The number of likely N-dealkylation sites (tertiary alicyclic amines) is 1. The number of piperidine rings is 1. The summed E-state index contributed by atoms with van der Waals surface area (Å²) in [6.45, 7) is 7.92. The minimum absolute atomic E-state index is 0.278. The summed E-state index contributed by atoms with van der Waals surface area (Å²) in [6, 6.07) is 6.31. The first-order valence-electron chi connectivity index (χ1n) is 10.1. The summed E-state index contributed by atoms with van der Waals surface area (Å²) in [5.41, 5.74) is 5.70. The minimum Gasteiger partial charge on any atom is -0.443 e. The highest BCUT2D eigenvalue weighted by atomic mass is 16.6. The predicted octanol–water partition coefficient (Wildman–Crippen LogP) is 4.22. The van der Waals surface area contributed by atoms with Gasteiger partial charge in [-0.1, -0.05) is 12.1 Å². The van der Waals surface area contributed by atoms with Gasteiger partial charge in [-0.25, -0.2) is 14.7 Å². The molecule has 0 spiro atoms. The van der Waals surface area contributed by atoms with Crippen LogP contribution in [-0.4, -0.2) is 38.6 Å². The van der Waals surface area contributed by atoms with E-state index >= 15 is 0 Å². The minimum atomic E-state index is -0.632. The third-order valence-electron chi connectivity index (χ3n) is 5.43. The summed E-state index contributed by atoms with van der Waals surface area (Å²) in [5.74, 6) is -0.278. The number of aromatic nitrogens is 2. The first-order valence-corrected chi connectivity index (χ1v) is 10.1. The fourth-order valence-corrected chi connectivity index (χ4v) is 4.04. The molecule has 2 aliphatic heterocycles. The van der Waals surface area contributed by atoms with E-state index < -0.39 is 11.7 Å². The second kappa shape index (κ2) is 7.17. The Balaban J connectivity index is 1.63. The monoisotopic (exact) mass is 393 g/mol. The number of fused-ring (bicyclic) bond motifs is 3. The molecule has 3 heterocycles. The molecule has 1 saturated heterocycles. The summed E-state index contributed by atoms with van der Waals surface area (Å²) >= 11 is 0. The van der Waals surface area contributed by atoms with Crippen LogP contribution in [0.5, 0.6) is 0 Å². The number of aryl methyl sites for hydroxylation is 1. The Morgan fingerprint density at radius 1 is 1.21 bits per heavy atom. The second-order valence-electron chi connectivity index (χ2n) is 8.73. The van der Waals surface area contributed by atoms with Crippen molar-refractivity contribution in [3.63, 3.8) is 0 Å². The van der Waals surface area contributed by atoms with Crippen molar-refractivity contribution in [3.8, 4) is 5.69 Å². The van der Waals surface area contributed by atoms with E-state index in [-0.39, 0.29) is 5.91 Å². The van der Waals surface area contributed by atoms with Gasteiger partial charge in [-0.2, -0.15) is 0 Å². The molecule has 29 heavy (non-hydrogen) atoms. The highest BCUT2D eigenvalue weighted by Crippen LogP contribution is 2.30. The molecule has 0 aliphatic carbocycles. The fraction of sp³-hybridized carbons (Fsp3) is 0.435. The number of amides is 2. The number of hydrogen-bond donors (Lipinski definition) is 0. The lowest BCUT2D eigenvalue weighted by Crippen LogP contribution is -2.44. The molecule has 0 unspecified atom stereocenters. The predicted molar refractivity (Wildman–Crippen MR) is 111 cm³/mol. The molecule has 2 aromatic rings. The molecule has 6 nitrogen and oxygen atoms in total. The Morgan fingerprint density at radius 3 is 2.76 bits per heavy atom. The molecule has 0 saturated carbocycles. The Bertz CT molecular complexity index is 1010. The van der Waals surface area contributed by atoms with Crippen LogP contribution in [0.4, 0.5) is 4.79 Å². The number of hydrogen-bond acceptors (Lipinski definition) is 4. The van der Waals surface area contributed by atoms with Crippen molar-refractivity contribution in [2.75, 3.05) is 6.54 Å². The van der Waals surface area contributed by atoms with E-state index in [9.17, 15) is 9.59 Å². The molecule has 0 N–H and O–H groups in total. The number of rotatable bonds is 1. The average molecular weight is 393 g/mol. The Kier molecular flexibility index (Phi) is 4.81. The van der Waals surface area contributed by atoms with Crippen LogP contribution in [0.15, 0.2) is 30.1 Å². The number of carbonyl (C=O) groups excluding carboxylic acids is 2. The van der Waals surface area contributed by atoms with Crippen molar-refractivity contribution < 1.29 is 14.3 Å². The van der Waals surface area contributed by atoms with Crippen LogP contribution in [-0.2, 0) is 22.4 Å². The third kappa shape index (κ3) is 3.71. The van der Waals surface area contributed by atoms with Crippen LogP contribution < -0.4 is 0 Å². The van der Waals surface area contributed by atoms with Crippen LogP contribution in [0.2, 0.25) is 0 Å². The van der Waals surface area contributed by atoms with Crippen LogP contribution in [0, 0.1) is 6.92 Å². The van der Waals surface area contributed by atoms with Gasteiger partial charge in [0.1, 0.15) is 11.9 Å². The summed E-state index contributed by atoms with van der Waals surface area (Å²) < 4.78 is 7.51. The molecule has 1 fully saturated rings. The van der Waals surface area contributed by atoms with E-state index in [1.165, 1.54) is 16.0 Å². The van der Waals surface area contributed by atoms with Crippen LogP contribution in [0.25, 0.3) is 11.8 Å². The number of nitrogens with zero attached hydrogens (tertiary/aromatic N) is 3. The van der Waals surface area contributed by atoms with E-state index in [1.807, 2.05) is 12.4 Å². The number of benzene rings is 1. The van der Waals surface area contributed by atoms with Gasteiger partial charge in [0.2, 0.25) is 0 Å². The van der Waals surface area contributed by atoms with Crippen molar-refractivity contribution in [1.82, 2.24) is 14.5 Å². The average Bonchev–Trinajstić information content (AvgIpc) is 3.05. The normalized spacial score (nSPS) is 17.9. The van der Waals surface area contributed by atoms with Gasteiger partial charge in [0.05, 0.1) is 17.1 Å². The smallest absolute Gasteiger partial charge is 0.417 e. The van der Waals surface area contributed by atoms with Crippen molar-refractivity contribution in [2.24, 2.45) is 0 Å². The maximum atomic E-state index is 12.9. The Morgan fingerprint density at radius 2 is 2.00 bits per heavy atom. The number of ether oxygens (including phenoxy) is 1. The molecule has 1 aromatic heterocycles. The molecule has 0 bridgehead atoms. The molecule has 152 valence electrons. The van der Waals surface area contributed by atoms with Gasteiger partial charge in [-0.3, -0.25) is 4.79 Å². The third-order valence-corrected chi connectivity index (χ3v) is 5.43. The Hall–Kier alpha value is -2.89. The zero-order valence-electron chi connectivity index (χ0n) is 17.5. The van der Waals surface area contributed by atoms with Crippen LogP contribution >= 0.6 is 0 Å². The summed E-state index contributed by atoms with van der Waals surface area (Å²) in [5, 5.41) is 0. The number of carbonyl (C=O) groups is 2. The number of imidazole rings is 1. The molecule has 6 heteroatoms. The van der Waals surface area contributed by atoms with Gasteiger partial charge in [-0.15, -0.1) is 0 Å². The lowest BCUT2D eigenvalue weighted by Gasteiger charge is -2.29. The van der Waals surface area contributed by atoms with Gasteiger partial charge in [0, 0.05) is 12.1 Å². The van der Waals surface area contributed by atoms with Crippen molar-refractivity contribution in [3.05, 3.63) is 52.6 Å². The molecular formula is C23H27N3O3. The molecule has 0 atom stereocenters. The zero-order chi connectivity index (χ0) is 20.8. The van der Waals surface area contributed by atoms with Gasteiger partial charge in [-0.05, 0) is 76.6 Å². The van der Waals surface area contributed by atoms with Crippen molar-refractivity contribution in [1.29, 1.82) is 0 Å². The van der Waals surface area contributed by atoms with Gasteiger partial charge >= 0.3 is 6.09 Å². The largest absolute Gasteiger partial charge is 0.443 e. The SMILES string of the molecule is Cc1cccc2c1CCc1c(C=C3CCCN(C(=O)OC(C)(C)C)C3=O)ncn1-2. The summed E-state index contributed by atoms with van der Waals surface area (Å²) in [4.78, 5) is 31.1. The fourth-order valence-electron chi connectivity index (χ4n) is 4.04. The quantitative estimate of drug-likeness (QED) is 0.681. The zero-order valence-corrected chi connectivity index (χ0v) is 17.5. The molecule has 2 aliphatic rings. The van der Waals surface area contributed by atoms with Gasteiger partial charge in [0.15, 0.2) is 0 Å². The van der Waals surface area contributed by atoms with Crippen molar-refractivity contribution in [2.45, 2.75) is 59.0 Å². The van der Waals surface area contributed by atoms with Gasteiger partial charge < -0.3 is 9.30 Å². The second-order valence-corrected chi connectivity index (χ2v) is 8.73. The first-order chi connectivity index (χ1) is 13.7. The van der Waals surface area contributed by atoms with Crippen LogP contribution in [0.1, 0.15) is 56.1 Å². The maximum Gasteiger partial charge on any atom is 0.417 e. The molecule has 4 rings (SSSR count). The lowest BCUT2D eigenvalue weighted by atomic mass is 9.95. The standard InChI is InChI=1S/C23H27N3O3/c1-15-7-5-9-19-17(15)10-11-20-18(24-14-26(19)20)13-16-8-6-12-25(21(16)27)22(28)29-23(2,3)4/h5,7,9,13-14H,6,8,10-12H2,1-4H3. The molecule has 0 radical (unpaired) electrons. The van der Waals surface area contributed by atoms with E-state index in [1.54, 1.807) is 20.8 Å². The van der Waals surface area contributed by atoms with Crippen LogP contribution in [0.3, 0.4) is 0 Å². The van der Waals surface area contributed by atoms with E-state index in [4.69, 9.17) is 4.74 Å². The van der Waals surface area contributed by atoms with Crippen molar-refractivity contribution >= 4 is 18.1 Å². The Labute approximate surface area is 171 Å². The highest BCUT2D eigenvalue weighted by molar-refractivity contribution is 6.05. The molecular weight excluding hydrogens is 366 g/mol. The molecule has 1 aromatic carbocycles. The summed E-state index contributed by atoms with van der Waals surface area (Å²) in [7, 11) is 0.